The standard InChI is InChI=1S/C12H12O3/c1-3-8-15-11-6-4-10(5-7-11)9(2)12(13)14/h1,4-7,9H,8H2,2H3,(H,13,14)/t9-/m0/s1. The molecule has 0 aromatic heterocycles. The molecule has 15 heavy (non-hydrogen) atoms. The molecule has 0 spiro atoms. The lowest BCUT2D eigenvalue weighted by atomic mass is 10.0. The van der Waals surface area contributed by atoms with Crippen LogP contribution in [0, 0.1) is 12.3 Å². The second-order valence-electron chi connectivity index (χ2n) is 3.12. The summed E-state index contributed by atoms with van der Waals surface area (Å²) in [5.41, 5.74) is 0.746. The minimum Gasteiger partial charge on any atom is -0.481 e. The molecule has 0 heterocycles. The minimum atomic E-state index is -0.840. The maximum Gasteiger partial charge on any atom is 0.310 e. The van der Waals surface area contributed by atoms with Gasteiger partial charge in [-0.15, -0.1) is 6.42 Å². The first kappa shape index (κ1) is 11.1. The van der Waals surface area contributed by atoms with Crippen LogP contribution < -0.4 is 4.74 Å². The Balaban J connectivity index is 2.72. The first-order valence-electron chi connectivity index (χ1n) is 4.54. The van der Waals surface area contributed by atoms with Crippen molar-refractivity contribution in [2.45, 2.75) is 12.8 Å². The van der Waals surface area contributed by atoms with E-state index in [0.29, 0.717) is 5.75 Å². The molecule has 3 nitrogen and oxygen atoms in total. The van der Waals surface area contributed by atoms with Gasteiger partial charge in [0, 0.05) is 0 Å². The van der Waals surface area contributed by atoms with Gasteiger partial charge >= 0.3 is 5.97 Å². The van der Waals surface area contributed by atoms with Gasteiger partial charge in [0.2, 0.25) is 0 Å². The van der Waals surface area contributed by atoms with Crippen LogP contribution in [0.2, 0.25) is 0 Å². The van der Waals surface area contributed by atoms with E-state index in [2.05, 4.69) is 5.92 Å². The second-order valence-corrected chi connectivity index (χ2v) is 3.12. The zero-order chi connectivity index (χ0) is 11.3. The van der Waals surface area contributed by atoms with Gasteiger partial charge in [0.15, 0.2) is 0 Å². The largest absolute Gasteiger partial charge is 0.481 e. The third-order valence-corrected chi connectivity index (χ3v) is 2.07. The molecule has 0 aliphatic heterocycles. The van der Waals surface area contributed by atoms with Crippen LogP contribution in [-0.2, 0) is 4.79 Å². The van der Waals surface area contributed by atoms with Gasteiger partial charge in [0.1, 0.15) is 12.4 Å². The average molecular weight is 204 g/mol. The molecule has 0 aliphatic rings. The smallest absolute Gasteiger partial charge is 0.310 e. The van der Waals surface area contributed by atoms with Gasteiger partial charge in [0.05, 0.1) is 5.92 Å². The van der Waals surface area contributed by atoms with Crippen molar-refractivity contribution >= 4 is 5.97 Å². The summed E-state index contributed by atoms with van der Waals surface area (Å²) in [6.45, 7) is 1.85. The number of carboxylic acids is 1. The highest BCUT2D eigenvalue weighted by atomic mass is 16.5. The predicted molar refractivity (Wildman–Crippen MR) is 56.8 cm³/mol. The van der Waals surface area contributed by atoms with Crippen molar-refractivity contribution in [1.82, 2.24) is 0 Å². The van der Waals surface area contributed by atoms with Crippen LogP contribution in [0.5, 0.6) is 5.75 Å². The molecule has 1 atom stereocenters. The van der Waals surface area contributed by atoms with Crippen molar-refractivity contribution in [2.75, 3.05) is 6.61 Å². The van der Waals surface area contributed by atoms with Gasteiger partial charge in [-0.2, -0.15) is 0 Å². The molecule has 0 radical (unpaired) electrons. The summed E-state index contributed by atoms with van der Waals surface area (Å²) >= 11 is 0. The van der Waals surface area contributed by atoms with E-state index in [1.54, 1.807) is 31.2 Å². The number of hydrogen-bond donors (Lipinski definition) is 1. The predicted octanol–water partition coefficient (Wildman–Crippen LogP) is 1.89. The van der Waals surface area contributed by atoms with Gasteiger partial charge < -0.3 is 9.84 Å². The van der Waals surface area contributed by atoms with Crippen LogP contribution in [0.4, 0.5) is 0 Å². The average Bonchev–Trinajstić information content (AvgIpc) is 2.26. The maximum atomic E-state index is 10.7. The van der Waals surface area contributed by atoms with E-state index in [0.717, 1.165) is 5.56 Å². The molecule has 0 aliphatic carbocycles. The molecule has 0 amide bonds. The normalized spacial score (nSPS) is 11.5. The Morgan fingerprint density at radius 1 is 1.53 bits per heavy atom. The van der Waals surface area contributed by atoms with Gasteiger partial charge in [-0.05, 0) is 24.6 Å². The van der Waals surface area contributed by atoms with E-state index in [4.69, 9.17) is 16.3 Å². The molecule has 1 N–H and O–H groups in total. The number of hydrogen-bond acceptors (Lipinski definition) is 2. The number of carboxylic acid groups (broad SMARTS) is 1. The third-order valence-electron chi connectivity index (χ3n) is 2.07. The highest BCUT2D eigenvalue weighted by molar-refractivity contribution is 5.75. The summed E-state index contributed by atoms with van der Waals surface area (Å²) in [5, 5.41) is 8.79. The topological polar surface area (TPSA) is 46.5 Å². The summed E-state index contributed by atoms with van der Waals surface area (Å²) in [7, 11) is 0. The van der Waals surface area contributed by atoms with Crippen LogP contribution in [0.1, 0.15) is 18.4 Å². The third kappa shape index (κ3) is 3.03. The van der Waals surface area contributed by atoms with Crippen LogP contribution >= 0.6 is 0 Å². The number of benzene rings is 1. The van der Waals surface area contributed by atoms with Gasteiger partial charge in [-0.1, -0.05) is 18.1 Å². The van der Waals surface area contributed by atoms with E-state index in [1.807, 2.05) is 0 Å². The molecule has 78 valence electrons. The Kier molecular flexibility index (Phi) is 3.75. The van der Waals surface area contributed by atoms with Gasteiger partial charge in [0.25, 0.3) is 0 Å². The molecular weight excluding hydrogens is 192 g/mol. The molecule has 0 fully saturated rings. The van der Waals surface area contributed by atoms with Crippen molar-refractivity contribution in [3.63, 3.8) is 0 Å². The van der Waals surface area contributed by atoms with E-state index >= 15 is 0 Å². The summed E-state index contributed by atoms with van der Waals surface area (Å²) in [6.07, 6.45) is 5.04. The molecule has 0 unspecified atom stereocenters. The number of ether oxygens (including phenoxy) is 1. The lowest BCUT2D eigenvalue weighted by Crippen LogP contribution is -2.07. The Bertz CT molecular complexity index is 373. The Labute approximate surface area is 88.7 Å². The Hall–Kier alpha value is -1.95. The fraction of sp³-hybridized carbons (Fsp3) is 0.250. The fourth-order valence-corrected chi connectivity index (χ4v) is 1.12. The number of rotatable bonds is 4. The molecule has 1 aromatic carbocycles. The molecule has 0 saturated carbocycles. The molecule has 3 heteroatoms. The van der Waals surface area contributed by atoms with E-state index in [1.165, 1.54) is 0 Å². The maximum absolute atomic E-state index is 10.7. The first-order valence-corrected chi connectivity index (χ1v) is 4.54. The Morgan fingerprint density at radius 3 is 2.60 bits per heavy atom. The summed E-state index contributed by atoms with van der Waals surface area (Å²) < 4.78 is 5.17. The summed E-state index contributed by atoms with van der Waals surface area (Å²) in [5.74, 6) is 1.65. The number of aliphatic carboxylic acids is 1. The monoisotopic (exact) mass is 204 g/mol. The first-order chi connectivity index (χ1) is 7.15. The number of terminal acetylenes is 1. The SMILES string of the molecule is C#CCOc1ccc([C@H](C)C(=O)O)cc1. The molecule has 0 saturated heterocycles. The van der Waals surface area contributed by atoms with Crippen molar-refractivity contribution in [3.8, 4) is 18.1 Å². The van der Waals surface area contributed by atoms with Crippen LogP contribution in [0.3, 0.4) is 0 Å². The van der Waals surface area contributed by atoms with Crippen LogP contribution in [-0.4, -0.2) is 17.7 Å². The zero-order valence-corrected chi connectivity index (χ0v) is 8.43. The van der Waals surface area contributed by atoms with E-state index in [9.17, 15) is 4.79 Å². The summed E-state index contributed by atoms with van der Waals surface area (Å²) in [6, 6.07) is 6.88. The Morgan fingerprint density at radius 2 is 2.13 bits per heavy atom. The molecule has 0 bridgehead atoms. The van der Waals surface area contributed by atoms with Gasteiger partial charge in [-0.25, -0.2) is 0 Å². The highest BCUT2D eigenvalue weighted by Crippen LogP contribution is 2.19. The fourth-order valence-electron chi connectivity index (χ4n) is 1.12. The van der Waals surface area contributed by atoms with E-state index in [-0.39, 0.29) is 6.61 Å². The van der Waals surface area contributed by atoms with Crippen molar-refractivity contribution < 1.29 is 14.6 Å². The quantitative estimate of drug-likeness (QED) is 0.762. The van der Waals surface area contributed by atoms with Crippen LogP contribution in [0.25, 0.3) is 0 Å². The van der Waals surface area contributed by atoms with Gasteiger partial charge in [-0.3, -0.25) is 4.79 Å². The lowest BCUT2D eigenvalue weighted by molar-refractivity contribution is -0.138. The van der Waals surface area contributed by atoms with E-state index < -0.39 is 11.9 Å². The van der Waals surface area contributed by atoms with Crippen LogP contribution in [0.15, 0.2) is 24.3 Å². The molecule has 1 rings (SSSR count). The van der Waals surface area contributed by atoms with Crippen molar-refractivity contribution in [3.05, 3.63) is 29.8 Å². The van der Waals surface area contributed by atoms with Crippen molar-refractivity contribution in [2.24, 2.45) is 0 Å². The molecular formula is C12H12O3. The molecule has 1 aromatic rings. The minimum absolute atomic E-state index is 0.216. The van der Waals surface area contributed by atoms with Crippen molar-refractivity contribution in [1.29, 1.82) is 0 Å². The number of carbonyl (C=O) groups is 1. The summed E-state index contributed by atoms with van der Waals surface area (Å²) in [4.78, 5) is 10.7. The highest BCUT2D eigenvalue weighted by Gasteiger charge is 2.12. The lowest BCUT2D eigenvalue weighted by Gasteiger charge is -2.07. The zero-order valence-electron chi connectivity index (χ0n) is 8.43. The second kappa shape index (κ2) is 5.06.